The lowest BCUT2D eigenvalue weighted by Crippen LogP contribution is -2.20. The Hall–Kier alpha value is -1.66. The number of fused-ring (bicyclic) bond motifs is 1. The van der Waals surface area contributed by atoms with Gasteiger partial charge in [0.25, 0.3) is 0 Å². The van der Waals surface area contributed by atoms with E-state index in [0.717, 1.165) is 5.39 Å². The van der Waals surface area contributed by atoms with Crippen molar-refractivity contribution in [2.24, 2.45) is 0 Å². The fourth-order valence-corrected chi connectivity index (χ4v) is 2.97. The van der Waals surface area contributed by atoms with Gasteiger partial charge in [-0.3, -0.25) is 9.71 Å². The zero-order valence-corrected chi connectivity index (χ0v) is 11.6. The fourth-order valence-electron chi connectivity index (χ4n) is 1.84. The summed E-state index contributed by atoms with van der Waals surface area (Å²) in [7, 11) is -1.53. The summed E-state index contributed by atoms with van der Waals surface area (Å²) in [5, 5.41) is 3.84. The molecule has 0 aliphatic heterocycles. The van der Waals surface area contributed by atoms with Crippen molar-refractivity contribution in [1.82, 2.24) is 10.3 Å². The van der Waals surface area contributed by atoms with Gasteiger partial charge in [-0.1, -0.05) is 18.2 Å². The Morgan fingerprint density at radius 1 is 1.21 bits per heavy atom. The maximum atomic E-state index is 12.0. The van der Waals surface area contributed by atoms with E-state index in [0.29, 0.717) is 24.2 Å². The molecule has 5 nitrogen and oxygen atoms in total. The molecule has 0 saturated heterocycles. The predicted octanol–water partition coefficient (Wildman–Crippen LogP) is 1.59. The van der Waals surface area contributed by atoms with Crippen molar-refractivity contribution < 1.29 is 8.42 Å². The Morgan fingerprint density at radius 2 is 2.00 bits per heavy atom. The lowest BCUT2D eigenvalue weighted by atomic mass is 10.2. The van der Waals surface area contributed by atoms with E-state index in [2.05, 4.69) is 15.0 Å². The number of para-hydroxylation sites is 1. The SMILES string of the molecule is CNCCCS(=O)(=O)Nc1cccc2cccnc12. The number of pyridine rings is 1. The van der Waals surface area contributed by atoms with Gasteiger partial charge in [-0.15, -0.1) is 0 Å². The summed E-state index contributed by atoms with van der Waals surface area (Å²) in [6, 6.07) is 9.18. The van der Waals surface area contributed by atoms with Gasteiger partial charge in [0.15, 0.2) is 0 Å². The summed E-state index contributed by atoms with van der Waals surface area (Å²) in [6.45, 7) is 0.675. The molecule has 1 aromatic carbocycles. The van der Waals surface area contributed by atoms with Crippen LogP contribution in [0.25, 0.3) is 10.9 Å². The first kappa shape index (κ1) is 13.8. The molecule has 0 aliphatic carbocycles. The van der Waals surface area contributed by atoms with E-state index < -0.39 is 10.0 Å². The molecule has 0 aliphatic rings. The van der Waals surface area contributed by atoms with Gasteiger partial charge in [0, 0.05) is 11.6 Å². The van der Waals surface area contributed by atoms with Crippen LogP contribution < -0.4 is 10.0 Å². The van der Waals surface area contributed by atoms with Crippen molar-refractivity contribution in [3.63, 3.8) is 0 Å². The highest BCUT2D eigenvalue weighted by Crippen LogP contribution is 2.21. The van der Waals surface area contributed by atoms with Crippen LogP contribution in [-0.2, 0) is 10.0 Å². The molecule has 0 unspecified atom stereocenters. The van der Waals surface area contributed by atoms with Crippen LogP contribution in [-0.4, -0.2) is 32.7 Å². The van der Waals surface area contributed by atoms with Crippen LogP contribution in [0.1, 0.15) is 6.42 Å². The van der Waals surface area contributed by atoms with Crippen molar-refractivity contribution in [3.8, 4) is 0 Å². The number of nitrogens with zero attached hydrogens (tertiary/aromatic N) is 1. The monoisotopic (exact) mass is 279 g/mol. The van der Waals surface area contributed by atoms with E-state index in [9.17, 15) is 8.42 Å². The highest BCUT2D eigenvalue weighted by Gasteiger charge is 2.12. The molecule has 0 radical (unpaired) electrons. The van der Waals surface area contributed by atoms with Gasteiger partial charge >= 0.3 is 0 Å². The summed E-state index contributed by atoms with van der Waals surface area (Å²) in [5.74, 6) is 0.0943. The molecule has 1 heterocycles. The molecule has 19 heavy (non-hydrogen) atoms. The largest absolute Gasteiger partial charge is 0.320 e. The van der Waals surface area contributed by atoms with E-state index in [1.54, 1.807) is 19.3 Å². The molecular formula is C13H17N3O2S. The molecule has 1 aromatic heterocycles. The molecule has 0 spiro atoms. The van der Waals surface area contributed by atoms with Gasteiger partial charge in [-0.2, -0.15) is 0 Å². The van der Waals surface area contributed by atoms with E-state index >= 15 is 0 Å². The number of benzene rings is 1. The van der Waals surface area contributed by atoms with Crippen LogP contribution >= 0.6 is 0 Å². The summed E-state index contributed by atoms with van der Waals surface area (Å²) < 4.78 is 26.5. The number of hydrogen-bond acceptors (Lipinski definition) is 4. The molecule has 0 atom stereocenters. The average molecular weight is 279 g/mol. The molecule has 6 heteroatoms. The second-order valence-electron chi connectivity index (χ2n) is 4.26. The van der Waals surface area contributed by atoms with Crippen LogP contribution in [0, 0.1) is 0 Å². The minimum atomic E-state index is -3.33. The predicted molar refractivity (Wildman–Crippen MR) is 77.7 cm³/mol. The minimum absolute atomic E-state index is 0.0943. The van der Waals surface area contributed by atoms with E-state index in [1.807, 2.05) is 24.3 Å². The first-order valence-electron chi connectivity index (χ1n) is 6.11. The first-order chi connectivity index (χ1) is 9.12. The van der Waals surface area contributed by atoms with Gasteiger partial charge in [-0.25, -0.2) is 8.42 Å². The van der Waals surface area contributed by atoms with Gasteiger partial charge in [0.05, 0.1) is 17.0 Å². The highest BCUT2D eigenvalue weighted by atomic mass is 32.2. The van der Waals surface area contributed by atoms with Gasteiger partial charge in [-0.05, 0) is 32.1 Å². The Labute approximate surface area is 113 Å². The van der Waals surface area contributed by atoms with E-state index in [4.69, 9.17) is 0 Å². The lowest BCUT2D eigenvalue weighted by molar-refractivity contribution is 0.597. The van der Waals surface area contributed by atoms with Crippen LogP contribution in [0.15, 0.2) is 36.5 Å². The van der Waals surface area contributed by atoms with Crippen molar-refractivity contribution >= 4 is 26.6 Å². The van der Waals surface area contributed by atoms with Gasteiger partial charge in [0.1, 0.15) is 0 Å². The summed E-state index contributed by atoms with van der Waals surface area (Å²) >= 11 is 0. The smallest absolute Gasteiger partial charge is 0.232 e. The Balaban J connectivity index is 2.21. The van der Waals surface area contributed by atoms with Crippen LogP contribution in [0.5, 0.6) is 0 Å². The van der Waals surface area contributed by atoms with Crippen molar-refractivity contribution in [2.75, 3.05) is 24.1 Å². The maximum Gasteiger partial charge on any atom is 0.232 e. The standard InChI is InChI=1S/C13H17N3O2S/c1-14-8-4-10-19(17,18)16-12-7-2-5-11-6-3-9-15-13(11)12/h2-3,5-7,9,14,16H,4,8,10H2,1H3. The number of aromatic nitrogens is 1. The Morgan fingerprint density at radius 3 is 2.79 bits per heavy atom. The minimum Gasteiger partial charge on any atom is -0.320 e. The topological polar surface area (TPSA) is 71.1 Å². The van der Waals surface area contributed by atoms with Crippen LogP contribution in [0.4, 0.5) is 5.69 Å². The third kappa shape index (κ3) is 3.65. The Kier molecular flexibility index (Phi) is 4.34. The highest BCUT2D eigenvalue weighted by molar-refractivity contribution is 7.92. The molecule has 0 fully saturated rings. The quantitative estimate of drug-likeness (QED) is 0.788. The lowest BCUT2D eigenvalue weighted by Gasteiger charge is -2.09. The van der Waals surface area contributed by atoms with Crippen LogP contribution in [0.2, 0.25) is 0 Å². The third-order valence-electron chi connectivity index (χ3n) is 2.74. The second-order valence-corrected chi connectivity index (χ2v) is 6.10. The molecule has 2 rings (SSSR count). The number of hydrogen-bond donors (Lipinski definition) is 2. The normalized spacial score (nSPS) is 11.6. The first-order valence-corrected chi connectivity index (χ1v) is 7.76. The van der Waals surface area contributed by atoms with Crippen molar-refractivity contribution in [1.29, 1.82) is 0 Å². The second kappa shape index (κ2) is 5.99. The summed E-state index contributed by atoms with van der Waals surface area (Å²) in [5.41, 5.74) is 1.20. The number of sulfonamides is 1. The molecule has 2 aromatic rings. The summed E-state index contributed by atoms with van der Waals surface area (Å²) in [6.07, 6.45) is 2.23. The zero-order valence-electron chi connectivity index (χ0n) is 10.8. The number of anilines is 1. The van der Waals surface area contributed by atoms with Gasteiger partial charge < -0.3 is 5.32 Å². The third-order valence-corrected chi connectivity index (χ3v) is 4.10. The Bertz CT molecular complexity index is 650. The van der Waals surface area contributed by atoms with Crippen LogP contribution in [0.3, 0.4) is 0 Å². The van der Waals surface area contributed by atoms with E-state index in [1.165, 1.54) is 0 Å². The van der Waals surface area contributed by atoms with Crippen molar-refractivity contribution in [2.45, 2.75) is 6.42 Å². The van der Waals surface area contributed by atoms with Crippen molar-refractivity contribution in [3.05, 3.63) is 36.5 Å². The molecular weight excluding hydrogens is 262 g/mol. The van der Waals surface area contributed by atoms with E-state index in [-0.39, 0.29) is 5.75 Å². The zero-order chi connectivity index (χ0) is 13.7. The molecule has 0 amide bonds. The maximum absolute atomic E-state index is 12.0. The number of nitrogens with one attached hydrogen (secondary N) is 2. The molecule has 0 saturated carbocycles. The molecule has 0 bridgehead atoms. The number of rotatable bonds is 6. The average Bonchev–Trinajstić information content (AvgIpc) is 2.39. The van der Waals surface area contributed by atoms with Gasteiger partial charge in [0.2, 0.25) is 10.0 Å². The molecule has 2 N–H and O–H groups in total. The fraction of sp³-hybridized carbons (Fsp3) is 0.308. The summed E-state index contributed by atoms with van der Waals surface area (Å²) in [4.78, 5) is 4.22. The molecule has 102 valence electrons.